The quantitative estimate of drug-likeness (QED) is 0.920. The fourth-order valence-electron chi connectivity index (χ4n) is 1.66. The number of nitrogens with one attached hydrogen (secondary N) is 1. The molecule has 2 heterocycles. The van der Waals surface area contributed by atoms with Crippen LogP contribution in [-0.4, -0.2) is 19.6 Å². The number of anilines is 1. The topological polar surface area (TPSA) is 47.7 Å². The minimum atomic E-state index is -0.277. The van der Waals surface area contributed by atoms with Crippen LogP contribution in [0.25, 0.3) is 0 Å². The van der Waals surface area contributed by atoms with Crippen LogP contribution in [0.15, 0.2) is 18.6 Å². The van der Waals surface area contributed by atoms with Gasteiger partial charge in [0.15, 0.2) is 0 Å². The highest BCUT2D eigenvalue weighted by molar-refractivity contribution is 5.85. The first-order chi connectivity index (χ1) is 8.61. The van der Waals surface area contributed by atoms with E-state index in [0.29, 0.717) is 24.7 Å². The smallest absolute Gasteiger partial charge is 0.216 e. The fraction of sp³-hybridized carbons (Fsp3) is 0.500. The van der Waals surface area contributed by atoms with E-state index in [1.165, 1.54) is 4.68 Å². The van der Waals surface area contributed by atoms with Crippen LogP contribution < -0.4 is 5.32 Å². The van der Waals surface area contributed by atoms with Gasteiger partial charge >= 0.3 is 0 Å². The van der Waals surface area contributed by atoms with Crippen LogP contribution in [0.2, 0.25) is 0 Å². The Labute approximate surface area is 118 Å². The minimum Gasteiger partial charge on any atom is -0.378 e. The Morgan fingerprint density at radius 3 is 2.58 bits per heavy atom. The molecule has 0 unspecified atom stereocenters. The molecule has 19 heavy (non-hydrogen) atoms. The first kappa shape index (κ1) is 15.5. The average molecular weight is 288 g/mol. The highest BCUT2D eigenvalue weighted by Crippen LogP contribution is 2.13. The average Bonchev–Trinajstić information content (AvgIpc) is 2.93. The number of halogens is 2. The third kappa shape index (κ3) is 3.47. The van der Waals surface area contributed by atoms with Crippen LogP contribution >= 0.6 is 12.4 Å². The first-order valence-electron chi connectivity index (χ1n) is 6.10. The molecule has 0 atom stereocenters. The molecule has 0 spiro atoms. The first-order valence-corrected chi connectivity index (χ1v) is 6.10. The van der Waals surface area contributed by atoms with Crippen LogP contribution in [0.1, 0.15) is 32.4 Å². The monoisotopic (exact) mass is 287 g/mol. The van der Waals surface area contributed by atoms with Gasteiger partial charge in [-0.2, -0.15) is 14.6 Å². The van der Waals surface area contributed by atoms with Crippen LogP contribution in [0.4, 0.5) is 10.1 Å². The summed E-state index contributed by atoms with van der Waals surface area (Å²) >= 11 is 0. The molecule has 0 amide bonds. The second-order valence-corrected chi connectivity index (χ2v) is 4.43. The number of hydrogen-bond donors (Lipinski definition) is 1. The minimum absolute atomic E-state index is 0. The molecule has 0 fully saturated rings. The van der Waals surface area contributed by atoms with E-state index in [2.05, 4.69) is 29.4 Å². The predicted octanol–water partition coefficient (Wildman–Crippen LogP) is 2.85. The predicted molar refractivity (Wildman–Crippen MR) is 75.0 cm³/mol. The molecule has 0 aliphatic heterocycles. The summed E-state index contributed by atoms with van der Waals surface area (Å²) in [6, 6.07) is 0.320. The highest BCUT2D eigenvalue weighted by Gasteiger charge is 2.09. The van der Waals surface area contributed by atoms with Gasteiger partial charge in [0, 0.05) is 30.9 Å². The number of rotatable bonds is 5. The molecule has 0 saturated heterocycles. The molecule has 2 aromatic rings. The van der Waals surface area contributed by atoms with Crippen molar-refractivity contribution < 1.29 is 4.39 Å². The van der Waals surface area contributed by atoms with Gasteiger partial charge < -0.3 is 5.32 Å². The molecule has 0 saturated carbocycles. The van der Waals surface area contributed by atoms with Crippen molar-refractivity contribution in [3.05, 3.63) is 30.1 Å². The van der Waals surface area contributed by atoms with Gasteiger partial charge in [0.05, 0.1) is 18.1 Å². The van der Waals surface area contributed by atoms with Crippen molar-refractivity contribution >= 4 is 18.1 Å². The van der Waals surface area contributed by atoms with E-state index in [4.69, 9.17) is 0 Å². The Morgan fingerprint density at radius 2 is 2.05 bits per heavy atom. The molecular weight excluding hydrogens is 269 g/mol. The van der Waals surface area contributed by atoms with E-state index in [1.54, 1.807) is 12.4 Å². The summed E-state index contributed by atoms with van der Waals surface area (Å²) in [5.41, 5.74) is 1.45. The summed E-state index contributed by atoms with van der Waals surface area (Å²) in [5, 5.41) is 11.3. The van der Waals surface area contributed by atoms with Gasteiger partial charge in [-0.1, -0.05) is 0 Å². The molecule has 2 aromatic heterocycles. The lowest BCUT2D eigenvalue weighted by Gasteiger charge is -2.04. The Bertz CT molecular complexity index is 520. The van der Waals surface area contributed by atoms with Crippen molar-refractivity contribution in [2.75, 3.05) is 5.32 Å². The third-order valence-electron chi connectivity index (χ3n) is 2.76. The second kappa shape index (κ2) is 6.56. The normalized spacial score (nSPS) is 10.6. The van der Waals surface area contributed by atoms with Gasteiger partial charge in [-0.25, -0.2) is 4.68 Å². The van der Waals surface area contributed by atoms with Crippen LogP contribution in [0.5, 0.6) is 0 Å². The molecule has 5 nitrogen and oxygen atoms in total. The molecule has 1 N–H and O–H groups in total. The summed E-state index contributed by atoms with van der Waals surface area (Å²) in [6.07, 6.45) is 5.20. The van der Waals surface area contributed by atoms with Crippen LogP contribution in [0.3, 0.4) is 0 Å². The largest absolute Gasteiger partial charge is 0.378 e. The van der Waals surface area contributed by atoms with Gasteiger partial charge in [0.2, 0.25) is 5.95 Å². The lowest BCUT2D eigenvalue weighted by atomic mass is 10.3. The zero-order valence-electron chi connectivity index (χ0n) is 11.3. The van der Waals surface area contributed by atoms with Crippen molar-refractivity contribution in [2.45, 2.75) is 39.9 Å². The maximum Gasteiger partial charge on any atom is 0.216 e. The van der Waals surface area contributed by atoms with Crippen molar-refractivity contribution in [1.82, 2.24) is 19.6 Å². The van der Waals surface area contributed by atoms with Gasteiger partial charge in [-0.15, -0.1) is 12.4 Å². The van der Waals surface area contributed by atoms with E-state index < -0.39 is 0 Å². The van der Waals surface area contributed by atoms with E-state index >= 15 is 0 Å². The summed E-state index contributed by atoms with van der Waals surface area (Å²) < 4.78 is 16.9. The molecule has 0 bridgehead atoms. The fourth-order valence-corrected chi connectivity index (χ4v) is 1.66. The second-order valence-electron chi connectivity index (χ2n) is 4.43. The van der Waals surface area contributed by atoms with Crippen LogP contribution in [-0.2, 0) is 13.1 Å². The maximum absolute atomic E-state index is 13.7. The van der Waals surface area contributed by atoms with Gasteiger partial charge in [0.25, 0.3) is 0 Å². The molecule has 0 radical (unpaired) electrons. The lowest BCUT2D eigenvalue weighted by molar-refractivity contribution is 0.465. The number of nitrogens with zero attached hydrogens (tertiary/aromatic N) is 4. The Kier molecular flexibility index (Phi) is 5.35. The van der Waals surface area contributed by atoms with E-state index in [9.17, 15) is 4.39 Å². The lowest BCUT2D eigenvalue weighted by Crippen LogP contribution is -2.04. The van der Waals surface area contributed by atoms with E-state index in [0.717, 1.165) is 5.69 Å². The number of hydrogen-bond acceptors (Lipinski definition) is 3. The Balaban J connectivity index is 0.00000180. The van der Waals surface area contributed by atoms with Gasteiger partial charge in [-0.3, -0.25) is 4.68 Å². The standard InChI is InChI=1S/C12H18FN5.ClH/c1-4-17-12(13)10(6-15-17)5-14-11-7-16-18(8-11)9(2)3;/h6-9,14H,4-5H2,1-3H3;1H. The summed E-state index contributed by atoms with van der Waals surface area (Å²) in [5.74, 6) is -0.277. The van der Waals surface area contributed by atoms with Crippen molar-refractivity contribution in [3.63, 3.8) is 0 Å². The molecule has 7 heteroatoms. The zero-order valence-corrected chi connectivity index (χ0v) is 12.1. The molecule has 2 rings (SSSR count). The Hall–Kier alpha value is -1.56. The van der Waals surface area contributed by atoms with E-state index in [1.807, 2.05) is 17.8 Å². The van der Waals surface area contributed by atoms with E-state index in [-0.39, 0.29) is 18.4 Å². The highest BCUT2D eigenvalue weighted by atomic mass is 35.5. The maximum atomic E-state index is 13.7. The van der Waals surface area contributed by atoms with Crippen molar-refractivity contribution in [2.24, 2.45) is 0 Å². The third-order valence-corrected chi connectivity index (χ3v) is 2.76. The van der Waals surface area contributed by atoms with Gasteiger partial charge in [0.1, 0.15) is 0 Å². The molecule has 106 valence electrons. The van der Waals surface area contributed by atoms with Crippen molar-refractivity contribution in [3.8, 4) is 0 Å². The molecular formula is C12H19ClFN5. The van der Waals surface area contributed by atoms with Crippen molar-refractivity contribution in [1.29, 1.82) is 0 Å². The molecule has 0 aromatic carbocycles. The summed E-state index contributed by atoms with van der Waals surface area (Å²) in [4.78, 5) is 0. The molecule has 0 aliphatic rings. The number of aromatic nitrogens is 4. The van der Waals surface area contributed by atoms with Gasteiger partial charge in [-0.05, 0) is 20.8 Å². The summed E-state index contributed by atoms with van der Waals surface area (Å²) in [7, 11) is 0. The number of aryl methyl sites for hydroxylation is 1. The Morgan fingerprint density at radius 1 is 1.32 bits per heavy atom. The SMILES string of the molecule is CCn1ncc(CNc2cnn(C(C)C)c2)c1F.Cl. The van der Waals surface area contributed by atoms with Crippen LogP contribution in [0, 0.1) is 5.95 Å². The molecule has 0 aliphatic carbocycles. The summed E-state index contributed by atoms with van der Waals surface area (Å²) in [6.45, 7) is 6.93. The zero-order chi connectivity index (χ0) is 13.1.